The molecule has 0 heterocycles. The highest BCUT2D eigenvalue weighted by atomic mass is 16.5. The first-order valence-electron chi connectivity index (χ1n) is 8.47. The number of carbonyl (C=O) groups is 1. The highest BCUT2D eigenvalue weighted by molar-refractivity contribution is 5.73. The van der Waals surface area contributed by atoms with Crippen LogP contribution < -0.4 is 10.1 Å². The zero-order valence-corrected chi connectivity index (χ0v) is 15.0. The van der Waals surface area contributed by atoms with Crippen LogP contribution in [0.5, 0.6) is 11.5 Å². The van der Waals surface area contributed by atoms with E-state index in [9.17, 15) is 15.0 Å². The third kappa shape index (κ3) is 6.06. The summed E-state index contributed by atoms with van der Waals surface area (Å²) in [5.41, 5.74) is 1.31. The van der Waals surface area contributed by atoms with Gasteiger partial charge >= 0.3 is 5.97 Å². The summed E-state index contributed by atoms with van der Waals surface area (Å²) in [6, 6.07) is 14.2. The smallest absolute Gasteiger partial charge is 0.310 e. The minimum atomic E-state index is -0.584. The molecule has 6 nitrogen and oxygen atoms in total. The Morgan fingerprint density at radius 1 is 1.19 bits per heavy atom. The molecule has 2 aromatic rings. The number of phenols is 1. The summed E-state index contributed by atoms with van der Waals surface area (Å²) in [5.74, 6) is 0.154. The summed E-state index contributed by atoms with van der Waals surface area (Å²) < 4.78 is 10.3. The lowest BCUT2D eigenvalue weighted by Crippen LogP contribution is -2.34. The van der Waals surface area contributed by atoms with Gasteiger partial charge in [-0.15, -0.1) is 0 Å². The van der Waals surface area contributed by atoms with Crippen molar-refractivity contribution >= 4 is 5.97 Å². The van der Waals surface area contributed by atoms with Crippen LogP contribution in [0.3, 0.4) is 0 Å². The molecule has 0 saturated carbocycles. The number of hydrogen-bond acceptors (Lipinski definition) is 6. The fraction of sp³-hybridized carbons (Fsp3) is 0.350. The minimum absolute atomic E-state index is 0.00576. The maximum absolute atomic E-state index is 11.4. The van der Waals surface area contributed by atoms with Gasteiger partial charge in [0.1, 0.15) is 18.1 Å². The van der Waals surface area contributed by atoms with E-state index < -0.39 is 12.1 Å². The maximum Gasteiger partial charge on any atom is 0.310 e. The SMILES string of the molecule is COC(=O)Cc1cc(OCC(C)NCC(O)c2ccccc2)ccc1O. The molecule has 0 bridgehead atoms. The molecule has 0 saturated heterocycles. The zero-order valence-electron chi connectivity index (χ0n) is 15.0. The van der Waals surface area contributed by atoms with E-state index in [1.807, 2.05) is 37.3 Å². The molecule has 0 aromatic heterocycles. The maximum atomic E-state index is 11.4. The summed E-state index contributed by atoms with van der Waals surface area (Å²) >= 11 is 0. The zero-order chi connectivity index (χ0) is 18.9. The van der Waals surface area contributed by atoms with Gasteiger partial charge in [0.2, 0.25) is 0 Å². The lowest BCUT2D eigenvalue weighted by Gasteiger charge is -2.18. The van der Waals surface area contributed by atoms with Crippen molar-refractivity contribution in [1.29, 1.82) is 0 Å². The number of benzene rings is 2. The van der Waals surface area contributed by atoms with Crippen LogP contribution in [0.25, 0.3) is 0 Å². The average Bonchev–Trinajstić information content (AvgIpc) is 2.67. The molecule has 2 atom stereocenters. The van der Waals surface area contributed by atoms with Crippen molar-refractivity contribution in [3.05, 3.63) is 59.7 Å². The standard InChI is InChI=1S/C20H25NO5/c1-14(21-12-19(23)15-6-4-3-5-7-15)13-26-17-8-9-18(22)16(10-17)11-20(24)25-2/h3-10,14,19,21-23H,11-13H2,1-2H3. The normalized spacial score (nSPS) is 13.0. The van der Waals surface area contributed by atoms with Crippen molar-refractivity contribution < 1.29 is 24.5 Å². The topological polar surface area (TPSA) is 88.0 Å². The summed E-state index contributed by atoms with van der Waals surface area (Å²) in [7, 11) is 1.30. The van der Waals surface area contributed by atoms with Gasteiger partial charge in [0.15, 0.2) is 0 Å². The predicted octanol–water partition coefficient (Wildman–Crippen LogP) is 2.20. The largest absolute Gasteiger partial charge is 0.508 e. The molecule has 0 radical (unpaired) electrons. The number of phenolic OH excluding ortho intramolecular Hbond substituents is 1. The van der Waals surface area contributed by atoms with Gasteiger partial charge in [-0.2, -0.15) is 0 Å². The second kappa shape index (κ2) is 9.79. The minimum Gasteiger partial charge on any atom is -0.508 e. The molecule has 2 unspecified atom stereocenters. The Labute approximate surface area is 153 Å². The second-order valence-electron chi connectivity index (χ2n) is 6.09. The highest BCUT2D eigenvalue weighted by Gasteiger charge is 2.12. The van der Waals surface area contributed by atoms with Gasteiger partial charge < -0.3 is 25.0 Å². The molecule has 0 aliphatic carbocycles. The number of aromatic hydroxyl groups is 1. The summed E-state index contributed by atoms with van der Waals surface area (Å²) in [6.07, 6.45) is -0.602. The van der Waals surface area contributed by atoms with Gasteiger partial charge in [-0.25, -0.2) is 0 Å². The average molecular weight is 359 g/mol. The first-order chi connectivity index (χ1) is 12.5. The van der Waals surface area contributed by atoms with E-state index in [-0.39, 0.29) is 18.2 Å². The Balaban J connectivity index is 1.82. The number of aliphatic hydroxyl groups is 1. The van der Waals surface area contributed by atoms with Crippen LogP contribution in [-0.4, -0.2) is 42.5 Å². The van der Waals surface area contributed by atoms with E-state index in [1.54, 1.807) is 12.1 Å². The van der Waals surface area contributed by atoms with Gasteiger partial charge in [-0.3, -0.25) is 4.79 Å². The number of rotatable bonds is 9. The van der Waals surface area contributed by atoms with Crippen LogP contribution in [0.4, 0.5) is 0 Å². The van der Waals surface area contributed by atoms with E-state index in [4.69, 9.17) is 4.74 Å². The van der Waals surface area contributed by atoms with Crippen molar-refractivity contribution in [3.63, 3.8) is 0 Å². The Bertz CT molecular complexity index is 705. The molecule has 0 spiro atoms. The van der Waals surface area contributed by atoms with Crippen molar-refractivity contribution in [2.24, 2.45) is 0 Å². The number of methoxy groups -OCH3 is 1. The van der Waals surface area contributed by atoms with Gasteiger partial charge in [0, 0.05) is 18.2 Å². The monoisotopic (exact) mass is 359 g/mol. The lowest BCUT2D eigenvalue weighted by atomic mass is 10.1. The Kier molecular flexibility index (Phi) is 7.44. The van der Waals surface area contributed by atoms with Crippen LogP contribution in [0.2, 0.25) is 0 Å². The number of nitrogens with one attached hydrogen (secondary N) is 1. The molecule has 3 N–H and O–H groups in total. The third-order valence-corrected chi connectivity index (χ3v) is 3.96. The summed E-state index contributed by atoms with van der Waals surface area (Å²) in [4.78, 5) is 11.4. The molecule has 0 aliphatic rings. The van der Waals surface area contributed by atoms with E-state index >= 15 is 0 Å². The van der Waals surface area contributed by atoms with E-state index in [2.05, 4.69) is 10.1 Å². The van der Waals surface area contributed by atoms with E-state index in [1.165, 1.54) is 13.2 Å². The quantitative estimate of drug-likeness (QED) is 0.595. The van der Waals surface area contributed by atoms with Crippen molar-refractivity contribution in [1.82, 2.24) is 5.32 Å². The van der Waals surface area contributed by atoms with Crippen LogP contribution >= 0.6 is 0 Å². The van der Waals surface area contributed by atoms with Gasteiger partial charge in [0.25, 0.3) is 0 Å². The van der Waals surface area contributed by atoms with Crippen molar-refractivity contribution in [2.45, 2.75) is 25.5 Å². The molecule has 2 rings (SSSR count). The number of ether oxygens (including phenoxy) is 2. The lowest BCUT2D eigenvalue weighted by molar-refractivity contribution is -0.139. The highest BCUT2D eigenvalue weighted by Crippen LogP contribution is 2.24. The molecular weight excluding hydrogens is 334 g/mol. The summed E-state index contributed by atoms with van der Waals surface area (Å²) in [6.45, 7) is 2.75. The van der Waals surface area contributed by atoms with Gasteiger partial charge in [-0.1, -0.05) is 30.3 Å². The number of aliphatic hydroxyl groups excluding tert-OH is 1. The Morgan fingerprint density at radius 3 is 2.62 bits per heavy atom. The fourth-order valence-electron chi connectivity index (χ4n) is 2.41. The molecule has 0 aliphatic heterocycles. The molecule has 0 amide bonds. The van der Waals surface area contributed by atoms with Crippen molar-refractivity contribution in [3.8, 4) is 11.5 Å². The molecule has 26 heavy (non-hydrogen) atoms. The van der Waals surface area contributed by atoms with E-state index in [0.29, 0.717) is 24.5 Å². The van der Waals surface area contributed by atoms with Crippen LogP contribution in [0.1, 0.15) is 24.2 Å². The van der Waals surface area contributed by atoms with Crippen LogP contribution in [0.15, 0.2) is 48.5 Å². The Morgan fingerprint density at radius 2 is 1.92 bits per heavy atom. The number of esters is 1. The Hall–Kier alpha value is -2.57. The van der Waals surface area contributed by atoms with Crippen LogP contribution in [-0.2, 0) is 16.0 Å². The molecular formula is C20H25NO5. The first kappa shape index (κ1) is 19.8. The second-order valence-corrected chi connectivity index (χ2v) is 6.09. The molecule has 140 valence electrons. The van der Waals surface area contributed by atoms with Gasteiger partial charge in [0.05, 0.1) is 19.6 Å². The van der Waals surface area contributed by atoms with Crippen molar-refractivity contribution in [2.75, 3.05) is 20.3 Å². The summed E-state index contributed by atoms with van der Waals surface area (Å²) in [5, 5.41) is 23.2. The predicted molar refractivity (Wildman–Crippen MR) is 98.2 cm³/mol. The van der Waals surface area contributed by atoms with Gasteiger partial charge in [-0.05, 0) is 30.7 Å². The number of hydrogen-bond donors (Lipinski definition) is 3. The number of carbonyl (C=O) groups excluding carboxylic acids is 1. The van der Waals surface area contributed by atoms with Crippen LogP contribution in [0, 0.1) is 0 Å². The molecule has 6 heteroatoms. The fourth-order valence-corrected chi connectivity index (χ4v) is 2.41. The first-order valence-corrected chi connectivity index (χ1v) is 8.47. The molecule has 2 aromatic carbocycles. The third-order valence-electron chi connectivity index (χ3n) is 3.96. The molecule has 0 fully saturated rings. The van der Waals surface area contributed by atoms with E-state index in [0.717, 1.165) is 5.56 Å².